The van der Waals surface area contributed by atoms with Gasteiger partial charge in [-0.05, 0) is 13.0 Å². The second-order valence-electron chi connectivity index (χ2n) is 5.79. The van der Waals surface area contributed by atoms with Gasteiger partial charge >= 0.3 is 6.16 Å². The van der Waals surface area contributed by atoms with Gasteiger partial charge in [0.1, 0.15) is 12.3 Å². The van der Waals surface area contributed by atoms with Crippen LogP contribution in [0.25, 0.3) is 11.0 Å². The van der Waals surface area contributed by atoms with Crippen LogP contribution in [0, 0.1) is 5.82 Å². The highest BCUT2D eigenvalue weighted by molar-refractivity contribution is 5.80. The molecule has 1 saturated heterocycles. The van der Waals surface area contributed by atoms with E-state index in [0.29, 0.717) is 6.54 Å². The van der Waals surface area contributed by atoms with Crippen molar-refractivity contribution in [3.63, 3.8) is 0 Å². The molecule has 2 aromatic rings. The summed E-state index contributed by atoms with van der Waals surface area (Å²) in [6, 6.07) is 0.715. The highest BCUT2D eigenvalue weighted by atomic mass is 19.1. The molecule has 134 valence electrons. The Kier molecular flexibility index (Phi) is 4.29. The molecular weight excluding hydrogens is 338 g/mol. The highest BCUT2D eigenvalue weighted by Gasteiger charge is 2.35. The van der Waals surface area contributed by atoms with Gasteiger partial charge in [-0.3, -0.25) is 4.79 Å². The third kappa shape index (κ3) is 2.88. The lowest BCUT2D eigenvalue weighted by molar-refractivity contribution is 0.143. The van der Waals surface area contributed by atoms with Crippen molar-refractivity contribution in [3.05, 3.63) is 28.3 Å². The number of nitrogens with zero attached hydrogens (tertiary/aromatic N) is 3. The number of aryl methyl sites for hydroxylation is 1. The summed E-state index contributed by atoms with van der Waals surface area (Å²) in [4.78, 5) is 28.8. The first kappa shape index (κ1) is 17.1. The van der Waals surface area contributed by atoms with Crippen LogP contribution >= 0.6 is 0 Å². The van der Waals surface area contributed by atoms with Gasteiger partial charge in [0.05, 0.1) is 18.1 Å². The molecule has 3 rings (SSSR count). The number of hydrogen-bond acceptors (Lipinski definition) is 6. The molecule has 1 aliphatic heterocycles. The number of anilines is 1. The number of halogens is 2. The number of alkyl halides is 1. The molecule has 0 aliphatic carbocycles. The second-order valence-corrected chi connectivity index (χ2v) is 5.79. The molecular formula is C15H16F2N4O4. The molecule has 0 amide bonds. The number of carboxylic acid groups (broad SMARTS) is 1. The Morgan fingerprint density at radius 3 is 2.84 bits per heavy atom. The first-order valence-corrected chi connectivity index (χ1v) is 7.56. The normalized spacial score (nSPS) is 19.8. The largest absolute Gasteiger partial charge is 0.511 e. The molecule has 0 aromatic carbocycles. The molecule has 1 fully saturated rings. The van der Waals surface area contributed by atoms with Crippen LogP contribution in [0.1, 0.15) is 6.92 Å². The number of pyridine rings is 2. The molecule has 2 aromatic heterocycles. The van der Waals surface area contributed by atoms with Crippen LogP contribution in [0.15, 0.2) is 17.1 Å². The lowest BCUT2D eigenvalue weighted by Gasteiger charge is -2.45. The zero-order valence-electron chi connectivity index (χ0n) is 13.3. The summed E-state index contributed by atoms with van der Waals surface area (Å²) in [5, 5.41) is 8.51. The van der Waals surface area contributed by atoms with E-state index in [-0.39, 0.29) is 35.5 Å². The van der Waals surface area contributed by atoms with Crippen LogP contribution in [0.4, 0.5) is 19.4 Å². The quantitative estimate of drug-likeness (QED) is 0.791. The topological polar surface area (TPSA) is 111 Å². The van der Waals surface area contributed by atoms with Crippen molar-refractivity contribution >= 4 is 23.0 Å². The van der Waals surface area contributed by atoms with E-state index in [1.54, 1.807) is 4.90 Å². The molecule has 0 bridgehead atoms. The maximum Gasteiger partial charge on any atom is 0.511 e. The number of fused-ring (bicyclic) bond motifs is 1. The van der Waals surface area contributed by atoms with Gasteiger partial charge < -0.3 is 25.0 Å². The fourth-order valence-electron chi connectivity index (χ4n) is 2.80. The zero-order chi connectivity index (χ0) is 18.3. The molecule has 0 spiro atoms. The van der Waals surface area contributed by atoms with Gasteiger partial charge in [0.2, 0.25) is 5.43 Å². The van der Waals surface area contributed by atoms with Crippen molar-refractivity contribution in [3.8, 4) is 5.75 Å². The first-order chi connectivity index (χ1) is 11.8. The number of hydrogen-bond donors (Lipinski definition) is 2. The van der Waals surface area contributed by atoms with Crippen LogP contribution in [0.5, 0.6) is 5.75 Å². The van der Waals surface area contributed by atoms with Crippen LogP contribution in [0.2, 0.25) is 0 Å². The van der Waals surface area contributed by atoms with E-state index < -0.39 is 29.8 Å². The van der Waals surface area contributed by atoms with Gasteiger partial charge in [0, 0.05) is 18.6 Å². The average molecular weight is 354 g/mol. The van der Waals surface area contributed by atoms with E-state index in [0.717, 1.165) is 12.3 Å². The third-order valence-corrected chi connectivity index (χ3v) is 4.26. The lowest BCUT2D eigenvalue weighted by atomic mass is 9.99. The van der Waals surface area contributed by atoms with Crippen LogP contribution in [0.3, 0.4) is 0 Å². The highest BCUT2D eigenvalue weighted by Crippen LogP contribution is 2.28. The molecule has 0 saturated carbocycles. The Bertz CT molecular complexity index is 901. The second kappa shape index (κ2) is 6.28. The molecule has 0 unspecified atom stereocenters. The maximum absolute atomic E-state index is 14.5. The van der Waals surface area contributed by atoms with E-state index in [4.69, 9.17) is 10.8 Å². The van der Waals surface area contributed by atoms with E-state index in [1.165, 1.54) is 4.57 Å². The predicted octanol–water partition coefficient (Wildman–Crippen LogP) is 1.10. The van der Waals surface area contributed by atoms with Crippen molar-refractivity contribution in [2.75, 3.05) is 18.1 Å². The third-order valence-electron chi connectivity index (χ3n) is 4.26. The van der Waals surface area contributed by atoms with E-state index in [2.05, 4.69) is 9.72 Å². The average Bonchev–Trinajstić information content (AvgIpc) is 2.56. The Morgan fingerprint density at radius 1 is 1.56 bits per heavy atom. The summed E-state index contributed by atoms with van der Waals surface area (Å²) < 4.78 is 32.9. The van der Waals surface area contributed by atoms with Crippen molar-refractivity contribution in [2.24, 2.45) is 5.73 Å². The smallest absolute Gasteiger partial charge is 0.449 e. The Morgan fingerprint density at radius 2 is 2.28 bits per heavy atom. The molecule has 10 heteroatoms. The molecule has 2 atom stereocenters. The summed E-state index contributed by atoms with van der Waals surface area (Å²) in [7, 11) is 0. The standard InChI is InChI=1S/C15H16F2N4O4/c1-7-10(18)5-21(7)14-9(17)4-8-12(22)11(25-15(23)24)6-20(3-2-16)13(8)19-14/h4,6-7,10H,2-3,5,18H2,1H3,(H,23,24)/t7-,10+/m1/s1. The minimum atomic E-state index is -1.70. The van der Waals surface area contributed by atoms with Gasteiger partial charge in [-0.25, -0.2) is 18.6 Å². The molecule has 8 nitrogen and oxygen atoms in total. The van der Waals surface area contributed by atoms with Gasteiger partial charge in [-0.2, -0.15) is 0 Å². The van der Waals surface area contributed by atoms with Crippen molar-refractivity contribution in [2.45, 2.75) is 25.6 Å². The van der Waals surface area contributed by atoms with Crippen molar-refractivity contribution in [1.82, 2.24) is 9.55 Å². The number of rotatable bonds is 4. The van der Waals surface area contributed by atoms with Gasteiger partial charge in [-0.15, -0.1) is 0 Å². The van der Waals surface area contributed by atoms with E-state index in [1.807, 2.05) is 6.92 Å². The molecule has 3 N–H and O–H groups in total. The van der Waals surface area contributed by atoms with Crippen molar-refractivity contribution in [1.29, 1.82) is 0 Å². The summed E-state index contributed by atoms with van der Waals surface area (Å²) in [5.74, 6) is -1.27. The van der Waals surface area contributed by atoms with Crippen LogP contribution in [-0.2, 0) is 6.54 Å². The van der Waals surface area contributed by atoms with E-state index >= 15 is 0 Å². The molecule has 25 heavy (non-hydrogen) atoms. The van der Waals surface area contributed by atoms with Gasteiger partial charge in [0.25, 0.3) is 0 Å². The number of aromatic nitrogens is 2. The summed E-state index contributed by atoms with van der Waals surface area (Å²) in [6.45, 7) is 1.24. The minimum absolute atomic E-state index is 0.0145. The van der Waals surface area contributed by atoms with Gasteiger partial charge in [-0.1, -0.05) is 0 Å². The fraction of sp³-hybridized carbons (Fsp3) is 0.400. The summed E-state index contributed by atoms with van der Waals surface area (Å²) >= 11 is 0. The molecule has 1 aliphatic rings. The first-order valence-electron chi connectivity index (χ1n) is 7.56. The Labute approximate surface area is 140 Å². The SMILES string of the molecule is C[C@@H]1[C@@H](N)CN1c1nc2c(cc1F)c(=O)c(OC(=O)O)cn2CCF. The Hall–Kier alpha value is -2.75. The van der Waals surface area contributed by atoms with Crippen LogP contribution < -0.4 is 20.8 Å². The minimum Gasteiger partial charge on any atom is -0.449 e. The van der Waals surface area contributed by atoms with Crippen LogP contribution in [-0.4, -0.2) is 46.1 Å². The zero-order valence-corrected chi connectivity index (χ0v) is 13.3. The van der Waals surface area contributed by atoms with E-state index in [9.17, 15) is 18.4 Å². The Balaban J connectivity index is 2.19. The number of ether oxygens (including phenoxy) is 1. The molecule has 3 heterocycles. The summed E-state index contributed by atoms with van der Waals surface area (Å²) in [6.07, 6.45) is -0.644. The van der Waals surface area contributed by atoms with Crippen molar-refractivity contribution < 1.29 is 23.4 Å². The maximum atomic E-state index is 14.5. The summed E-state index contributed by atoms with van der Waals surface area (Å²) in [5.41, 5.74) is 5.02. The van der Waals surface area contributed by atoms with Gasteiger partial charge in [0.15, 0.2) is 17.4 Å². The monoisotopic (exact) mass is 354 g/mol. The predicted molar refractivity (Wildman–Crippen MR) is 85.4 cm³/mol. The fourth-order valence-corrected chi connectivity index (χ4v) is 2.80. The number of nitrogens with two attached hydrogens (primary N) is 1. The number of carbonyl (C=O) groups is 1. The molecule has 0 radical (unpaired) electrons. The lowest BCUT2D eigenvalue weighted by Crippen LogP contribution is -2.63.